The molecule has 1 atom stereocenters. The smallest absolute Gasteiger partial charge is 0.325 e. The Labute approximate surface area is 199 Å². The van der Waals surface area contributed by atoms with Gasteiger partial charge in [0.15, 0.2) is 5.58 Å². The van der Waals surface area contributed by atoms with Gasteiger partial charge in [0.1, 0.15) is 5.52 Å². The maximum atomic E-state index is 13.5. The molecule has 5 rings (SSSR count). The summed E-state index contributed by atoms with van der Waals surface area (Å²) >= 11 is 0. The largest absolute Gasteiger partial charge is 0.422 e. The zero-order valence-corrected chi connectivity index (χ0v) is 19.2. The molecule has 3 heterocycles. The second-order valence-electron chi connectivity index (χ2n) is 8.41. The van der Waals surface area contributed by atoms with Crippen molar-refractivity contribution in [3.63, 3.8) is 0 Å². The van der Waals surface area contributed by atoms with E-state index >= 15 is 0 Å². The molecule has 1 aliphatic heterocycles. The molecule has 3 amide bonds. The number of aromatic amines is 1. The third kappa shape index (κ3) is 3.92. The van der Waals surface area contributed by atoms with Crippen molar-refractivity contribution >= 4 is 40.2 Å². The predicted octanol–water partition coefficient (Wildman–Crippen LogP) is 3.26. The Morgan fingerprint density at radius 1 is 1.14 bits per heavy atom. The quantitative estimate of drug-likeness (QED) is 0.414. The minimum atomic E-state index is -0.923. The second-order valence-corrected chi connectivity index (χ2v) is 8.41. The molecule has 10 heteroatoms. The topological polar surface area (TPSA) is 130 Å². The molecule has 0 spiro atoms. The summed E-state index contributed by atoms with van der Waals surface area (Å²) in [4.78, 5) is 56.5. The number of rotatable bonds is 6. The molecule has 1 aliphatic rings. The first-order chi connectivity index (χ1) is 16.9. The molecule has 10 nitrogen and oxygen atoms in total. The number of aromatic nitrogens is 3. The van der Waals surface area contributed by atoms with E-state index in [4.69, 9.17) is 4.42 Å². The molecule has 2 aromatic carbocycles. The first-order valence-electron chi connectivity index (χ1n) is 11.3. The lowest BCUT2D eigenvalue weighted by Crippen LogP contribution is -2.31. The SMILES string of the molecule is CCCc1[nH]n(-c2nc3ccccc3o2)c(=O)c1[C@H]1CC(=O)N(c2ccc(NC(C)=O)cc2)C1=O. The number of nitrogens with zero attached hydrogens (tertiary/aromatic N) is 3. The van der Waals surface area contributed by atoms with E-state index in [0.29, 0.717) is 34.6 Å². The molecule has 0 bridgehead atoms. The van der Waals surface area contributed by atoms with E-state index in [2.05, 4.69) is 15.4 Å². The van der Waals surface area contributed by atoms with Gasteiger partial charge in [0, 0.05) is 24.7 Å². The van der Waals surface area contributed by atoms with E-state index in [-0.39, 0.29) is 23.9 Å². The number of aryl methyl sites for hydroxylation is 1. The highest BCUT2D eigenvalue weighted by Crippen LogP contribution is 2.34. The molecule has 0 saturated carbocycles. The molecule has 2 N–H and O–H groups in total. The number of amides is 3. The normalized spacial score (nSPS) is 15.8. The summed E-state index contributed by atoms with van der Waals surface area (Å²) in [7, 11) is 0. The van der Waals surface area contributed by atoms with Gasteiger partial charge in [-0.2, -0.15) is 9.67 Å². The molecule has 1 fully saturated rings. The molecule has 0 radical (unpaired) electrons. The van der Waals surface area contributed by atoms with Crippen LogP contribution < -0.4 is 15.8 Å². The molecule has 178 valence electrons. The Hall–Kier alpha value is -4.47. The van der Waals surface area contributed by atoms with Crippen LogP contribution in [-0.2, 0) is 20.8 Å². The number of benzene rings is 2. The number of para-hydroxylation sites is 2. The van der Waals surface area contributed by atoms with Gasteiger partial charge in [-0.15, -0.1) is 0 Å². The number of imide groups is 1. The van der Waals surface area contributed by atoms with Gasteiger partial charge in [-0.25, -0.2) is 0 Å². The molecule has 35 heavy (non-hydrogen) atoms. The van der Waals surface area contributed by atoms with Crippen molar-refractivity contribution in [2.45, 2.75) is 39.0 Å². The highest BCUT2D eigenvalue weighted by atomic mass is 16.4. The number of hydrogen-bond donors (Lipinski definition) is 2. The molecule has 0 aliphatic carbocycles. The maximum absolute atomic E-state index is 13.5. The van der Waals surface area contributed by atoms with E-state index in [1.807, 2.05) is 19.1 Å². The van der Waals surface area contributed by atoms with Gasteiger partial charge in [-0.05, 0) is 42.8 Å². The first kappa shape index (κ1) is 22.3. The van der Waals surface area contributed by atoms with Crippen LogP contribution in [0, 0.1) is 0 Å². The number of carbonyl (C=O) groups excluding carboxylic acids is 3. The van der Waals surface area contributed by atoms with E-state index in [1.165, 1.54) is 11.6 Å². The van der Waals surface area contributed by atoms with Crippen molar-refractivity contribution in [2.24, 2.45) is 0 Å². The van der Waals surface area contributed by atoms with Gasteiger partial charge < -0.3 is 9.73 Å². The van der Waals surface area contributed by atoms with Crippen LogP contribution in [-0.4, -0.2) is 32.5 Å². The van der Waals surface area contributed by atoms with Crippen LogP contribution in [0.5, 0.6) is 0 Å². The number of nitrogens with one attached hydrogen (secondary N) is 2. The van der Waals surface area contributed by atoms with Crippen LogP contribution >= 0.6 is 0 Å². The van der Waals surface area contributed by atoms with E-state index in [9.17, 15) is 19.2 Å². The lowest BCUT2D eigenvalue weighted by molar-refractivity contribution is -0.121. The highest BCUT2D eigenvalue weighted by Gasteiger charge is 2.43. The Morgan fingerprint density at radius 3 is 2.57 bits per heavy atom. The van der Waals surface area contributed by atoms with Gasteiger partial charge in [-0.1, -0.05) is 25.5 Å². The molecular weight excluding hydrogens is 450 g/mol. The van der Waals surface area contributed by atoms with Crippen molar-refractivity contribution < 1.29 is 18.8 Å². The van der Waals surface area contributed by atoms with Crippen molar-refractivity contribution in [2.75, 3.05) is 10.2 Å². The number of carbonyl (C=O) groups is 3. The third-order valence-electron chi connectivity index (χ3n) is 5.92. The minimum absolute atomic E-state index is 0.0713. The van der Waals surface area contributed by atoms with Crippen molar-refractivity contribution in [3.8, 4) is 6.01 Å². The summed E-state index contributed by atoms with van der Waals surface area (Å²) in [6, 6.07) is 13.6. The Balaban J connectivity index is 1.52. The number of anilines is 2. The molecule has 4 aromatic rings. The molecule has 1 saturated heterocycles. The van der Waals surface area contributed by atoms with Gasteiger partial charge in [0.25, 0.3) is 5.56 Å². The molecule has 0 unspecified atom stereocenters. The second kappa shape index (κ2) is 8.71. The number of oxazole rings is 1. The first-order valence-corrected chi connectivity index (χ1v) is 11.3. The van der Waals surface area contributed by atoms with Crippen LogP contribution in [0.3, 0.4) is 0 Å². The summed E-state index contributed by atoms with van der Waals surface area (Å²) in [5, 5.41) is 5.69. The van der Waals surface area contributed by atoms with Crippen LogP contribution in [0.15, 0.2) is 57.7 Å². The Morgan fingerprint density at radius 2 is 1.89 bits per heavy atom. The highest BCUT2D eigenvalue weighted by molar-refractivity contribution is 6.22. The lowest BCUT2D eigenvalue weighted by Gasteiger charge is -2.15. The van der Waals surface area contributed by atoms with Crippen LogP contribution in [0.25, 0.3) is 17.1 Å². The summed E-state index contributed by atoms with van der Waals surface area (Å²) in [5.41, 5.74) is 2.43. The van der Waals surface area contributed by atoms with Gasteiger partial charge in [0.05, 0.1) is 17.2 Å². The minimum Gasteiger partial charge on any atom is -0.422 e. The standard InChI is InChI=1S/C25H23N5O5/c1-3-6-19-22(24(34)30(28-19)25-27-18-7-4-5-8-20(18)35-25)17-13-21(32)29(23(17)33)16-11-9-15(10-12-16)26-14(2)31/h4-5,7-12,17,28H,3,6,13H2,1-2H3,(H,26,31)/t17-/m1/s1. The lowest BCUT2D eigenvalue weighted by atomic mass is 9.96. The van der Waals surface area contributed by atoms with Crippen molar-refractivity contribution in [1.82, 2.24) is 14.8 Å². The van der Waals surface area contributed by atoms with Gasteiger partial charge in [-0.3, -0.25) is 29.2 Å². The third-order valence-corrected chi connectivity index (χ3v) is 5.92. The van der Waals surface area contributed by atoms with Gasteiger partial charge in [0.2, 0.25) is 17.7 Å². The maximum Gasteiger partial charge on any atom is 0.325 e. The fourth-order valence-corrected chi connectivity index (χ4v) is 4.41. The summed E-state index contributed by atoms with van der Waals surface area (Å²) in [5.74, 6) is -2.02. The van der Waals surface area contributed by atoms with Crippen LogP contribution in [0.2, 0.25) is 0 Å². The van der Waals surface area contributed by atoms with E-state index in [0.717, 1.165) is 11.3 Å². The van der Waals surface area contributed by atoms with Crippen LogP contribution in [0.4, 0.5) is 11.4 Å². The average Bonchev–Trinajstić information content (AvgIpc) is 3.47. The zero-order chi connectivity index (χ0) is 24.7. The van der Waals surface area contributed by atoms with Gasteiger partial charge >= 0.3 is 6.01 Å². The van der Waals surface area contributed by atoms with Crippen molar-refractivity contribution in [1.29, 1.82) is 0 Å². The number of fused-ring (bicyclic) bond motifs is 1. The van der Waals surface area contributed by atoms with Crippen molar-refractivity contribution in [3.05, 3.63) is 70.1 Å². The summed E-state index contributed by atoms with van der Waals surface area (Å²) in [6.45, 7) is 3.36. The number of H-pyrrole nitrogens is 1. The molecular formula is C25H23N5O5. The van der Waals surface area contributed by atoms with E-state index < -0.39 is 23.3 Å². The summed E-state index contributed by atoms with van der Waals surface area (Å²) in [6.07, 6.45) is 1.12. The zero-order valence-electron chi connectivity index (χ0n) is 19.2. The Bertz CT molecular complexity index is 1480. The number of hydrogen-bond acceptors (Lipinski definition) is 6. The van der Waals surface area contributed by atoms with E-state index in [1.54, 1.807) is 36.4 Å². The summed E-state index contributed by atoms with van der Waals surface area (Å²) < 4.78 is 6.95. The average molecular weight is 473 g/mol. The molecule has 2 aromatic heterocycles. The fourth-order valence-electron chi connectivity index (χ4n) is 4.41. The van der Waals surface area contributed by atoms with Crippen LogP contribution in [0.1, 0.15) is 43.9 Å². The monoisotopic (exact) mass is 473 g/mol. The Kier molecular flexibility index (Phi) is 5.56. The predicted molar refractivity (Wildman–Crippen MR) is 129 cm³/mol. The fraction of sp³-hybridized carbons (Fsp3) is 0.240.